The quantitative estimate of drug-likeness (QED) is 0.638. The first-order valence-electron chi connectivity index (χ1n) is 8.19. The van der Waals surface area contributed by atoms with Gasteiger partial charge in [-0.1, -0.05) is 25.8 Å². The Morgan fingerprint density at radius 2 is 1.67 bits per heavy atom. The van der Waals surface area contributed by atoms with Crippen LogP contribution in [0.2, 0.25) is 0 Å². The molecule has 0 spiro atoms. The Morgan fingerprint density at radius 3 is 2.29 bits per heavy atom. The standard InChI is InChI=1S/C18H27ClO2/c1-4-20-16-11-10-15(12-17(16)21-5-2)18(19)14-8-6-13(3)7-9-14/h10-14,18H,4-9H2,1-3H3. The molecule has 0 bridgehead atoms. The van der Waals surface area contributed by atoms with E-state index in [0.29, 0.717) is 19.1 Å². The summed E-state index contributed by atoms with van der Waals surface area (Å²) in [5, 5.41) is 0.0763. The van der Waals surface area contributed by atoms with Gasteiger partial charge in [-0.25, -0.2) is 0 Å². The van der Waals surface area contributed by atoms with Crippen LogP contribution >= 0.6 is 11.6 Å². The van der Waals surface area contributed by atoms with Crippen molar-refractivity contribution in [1.29, 1.82) is 0 Å². The van der Waals surface area contributed by atoms with Crippen LogP contribution in [0.3, 0.4) is 0 Å². The second-order valence-electron chi connectivity index (χ2n) is 5.99. The van der Waals surface area contributed by atoms with E-state index in [-0.39, 0.29) is 5.38 Å². The summed E-state index contributed by atoms with van der Waals surface area (Å²) in [5.41, 5.74) is 1.16. The Bertz CT molecular complexity index is 439. The van der Waals surface area contributed by atoms with Gasteiger partial charge in [-0.05, 0) is 56.2 Å². The van der Waals surface area contributed by atoms with E-state index in [2.05, 4.69) is 19.1 Å². The van der Waals surface area contributed by atoms with Crippen molar-refractivity contribution in [3.8, 4) is 11.5 Å². The van der Waals surface area contributed by atoms with E-state index in [1.807, 2.05) is 19.9 Å². The number of rotatable bonds is 6. The number of ether oxygens (including phenoxy) is 2. The average Bonchev–Trinajstić information content (AvgIpc) is 2.49. The summed E-state index contributed by atoms with van der Waals surface area (Å²) in [4.78, 5) is 0. The summed E-state index contributed by atoms with van der Waals surface area (Å²) in [6.07, 6.45) is 5.05. The first-order valence-corrected chi connectivity index (χ1v) is 8.62. The maximum Gasteiger partial charge on any atom is 0.161 e. The number of benzene rings is 1. The molecule has 2 nitrogen and oxygen atoms in total. The smallest absolute Gasteiger partial charge is 0.161 e. The van der Waals surface area contributed by atoms with Gasteiger partial charge in [-0.2, -0.15) is 0 Å². The molecule has 2 rings (SSSR count). The number of halogens is 1. The molecule has 0 saturated heterocycles. The molecule has 1 aromatic rings. The summed E-state index contributed by atoms with van der Waals surface area (Å²) in [6.45, 7) is 7.59. The topological polar surface area (TPSA) is 18.5 Å². The molecule has 1 aliphatic carbocycles. The zero-order valence-corrected chi connectivity index (χ0v) is 14.2. The molecule has 0 N–H and O–H groups in total. The molecular weight excluding hydrogens is 284 g/mol. The van der Waals surface area contributed by atoms with Gasteiger partial charge in [-0.15, -0.1) is 11.6 Å². The van der Waals surface area contributed by atoms with Gasteiger partial charge in [0.1, 0.15) is 0 Å². The predicted octanol–water partition coefficient (Wildman–Crippen LogP) is 5.59. The highest BCUT2D eigenvalue weighted by atomic mass is 35.5. The minimum absolute atomic E-state index is 0.0763. The lowest BCUT2D eigenvalue weighted by Crippen LogP contribution is -2.16. The van der Waals surface area contributed by atoms with Gasteiger partial charge in [0.15, 0.2) is 11.5 Å². The van der Waals surface area contributed by atoms with E-state index in [1.165, 1.54) is 25.7 Å². The molecular formula is C18H27ClO2. The minimum atomic E-state index is 0.0763. The maximum absolute atomic E-state index is 6.74. The molecule has 1 atom stereocenters. The Kier molecular flexibility index (Phi) is 6.22. The van der Waals surface area contributed by atoms with E-state index >= 15 is 0 Å². The molecule has 0 radical (unpaired) electrons. The Morgan fingerprint density at radius 1 is 1.05 bits per heavy atom. The molecule has 1 unspecified atom stereocenters. The maximum atomic E-state index is 6.74. The molecule has 0 amide bonds. The fraction of sp³-hybridized carbons (Fsp3) is 0.667. The highest BCUT2D eigenvalue weighted by molar-refractivity contribution is 6.21. The monoisotopic (exact) mass is 310 g/mol. The van der Waals surface area contributed by atoms with Crippen LogP contribution in [0.25, 0.3) is 0 Å². The summed E-state index contributed by atoms with van der Waals surface area (Å²) in [6, 6.07) is 6.14. The number of alkyl halides is 1. The van der Waals surface area contributed by atoms with Crippen molar-refractivity contribution in [2.45, 2.75) is 51.8 Å². The highest BCUT2D eigenvalue weighted by Gasteiger charge is 2.26. The third kappa shape index (κ3) is 4.29. The largest absolute Gasteiger partial charge is 0.490 e. The highest BCUT2D eigenvalue weighted by Crippen LogP contribution is 2.42. The van der Waals surface area contributed by atoms with Gasteiger partial charge in [0, 0.05) is 0 Å². The molecule has 21 heavy (non-hydrogen) atoms. The van der Waals surface area contributed by atoms with Crippen molar-refractivity contribution in [1.82, 2.24) is 0 Å². The lowest BCUT2D eigenvalue weighted by molar-refractivity contribution is 0.279. The average molecular weight is 311 g/mol. The van der Waals surface area contributed by atoms with Gasteiger partial charge in [0.2, 0.25) is 0 Å². The lowest BCUT2D eigenvalue weighted by Gasteiger charge is -2.30. The van der Waals surface area contributed by atoms with E-state index in [9.17, 15) is 0 Å². The van der Waals surface area contributed by atoms with Crippen molar-refractivity contribution in [2.24, 2.45) is 11.8 Å². The van der Waals surface area contributed by atoms with Gasteiger partial charge < -0.3 is 9.47 Å². The molecule has 1 aliphatic rings. The van der Waals surface area contributed by atoms with E-state index < -0.39 is 0 Å². The van der Waals surface area contributed by atoms with Crippen LogP contribution in [0.5, 0.6) is 11.5 Å². The minimum Gasteiger partial charge on any atom is -0.490 e. The van der Waals surface area contributed by atoms with Crippen LogP contribution in [0, 0.1) is 11.8 Å². The number of hydrogen-bond donors (Lipinski definition) is 0. The van der Waals surface area contributed by atoms with Gasteiger partial charge in [-0.3, -0.25) is 0 Å². The zero-order chi connectivity index (χ0) is 15.2. The summed E-state index contributed by atoms with van der Waals surface area (Å²) in [5.74, 6) is 3.05. The van der Waals surface area contributed by atoms with Crippen molar-refractivity contribution in [3.63, 3.8) is 0 Å². The van der Waals surface area contributed by atoms with Gasteiger partial charge >= 0.3 is 0 Å². The summed E-state index contributed by atoms with van der Waals surface area (Å²) < 4.78 is 11.3. The summed E-state index contributed by atoms with van der Waals surface area (Å²) >= 11 is 6.74. The predicted molar refractivity (Wildman–Crippen MR) is 88.5 cm³/mol. The normalized spacial score (nSPS) is 23.6. The van der Waals surface area contributed by atoms with Crippen LogP contribution in [-0.4, -0.2) is 13.2 Å². The van der Waals surface area contributed by atoms with Crippen molar-refractivity contribution in [2.75, 3.05) is 13.2 Å². The van der Waals surface area contributed by atoms with Crippen molar-refractivity contribution in [3.05, 3.63) is 23.8 Å². The van der Waals surface area contributed by atoms with Crippen LogP contribution in [0.15, 0.2) is 18.2 Å². The Labute approximate surface area is 133 Å². The van der Waals surface area contributed by atoms with Crippen molar-refractivity contribution >= 4 is 11.6 Å². The first-order chi connectivity index (χ1) is 10.2. The van der Waals surface area contributed by atoms with Crippen molar-refractivity contribution < 1.29 is 9.47 Å². The molecule has 0 aromatic heterocycles. The second-order valence-corrected chi connectivity index (χ2v) is 6.46. The molecule has 118 valence electrons. The first kappa shape index (κ1) is 16.5. The lowest BCUT2D eigenvalue weighted by atomic mass is 9.80. The molecule has 0 heterocycles. The Balaban J connectivity index is 2.13. The van der Waals surface area contributed by atoms with E-state index in [4.69, 9.17) is 21.1 Å². The third-order valence-electron chi connectivity index (χ3n) is 4.36. The SMILES string of the molecule is CCOc1ccc(C(Cl)C2CCC(C)CC2)cc1OCC. The third-order valence-corrected chi connectivity index (χ3v) is 4.97. The Hall–Kier alpha value is -0.890. The van der Waals surface area contributed by atoms with Crippen LogP contribution in [0.1, 0.15) is 57.4 Å². The fourth-order valence-electron chi connectivity index (χ4n) is 3.09. The molecule has 3 heteroatoms. The van der Waals surface area contributed by atoms with E-state index in [1.54, 1.807) is 0 Å². The summed E-state index contributed by atoms with van der Waals surface area (Å²) in [7, 11) is 0. The molecule has 1 fully saturated rings. The fourth-order valence-corrected chi connectivity index (χ4v) is 3.48. The van der Waals surface area contributed by atoms with Crippen LogP contribution in [0.4, 0.5) is 0 Å². The second kappa shape index (κ2) is 7.93. The van der Waals surface area contributed by atoms with Crippen LogP contribution < -0.4 is 9.47 Å². The van der Waals surface area contributed by atoms with Crippen LogP contribution in [-0.2, 0) is 0 Å². The van der Waals surface area contributed by atoms with Gasteiger partial charge in [0.25, 0.3) is 0 Å². The number of hydrogen-bond acceptors (Lipinski definition) is 2. The van der Waals surface area contributed by atoms with Gasteiger partial charge in [0.05, 0.1) is 18.6 Å². The molecule has 0 aliphatic heterocycles. The zero-order valence-electron chi connectivity index (χ0n) is 13.4. The van der Waals surface area contributed by atoms with E-state index in [0.717, 1.165) is 23.0 Å². The molecule has 1 saturated carbocycles. The molecule has 1 aromatic carbocycles.